The van der Waals surface area contributed by atoms with Gasteiger partial charge in [0.25, 0.3) is 5.91 Å². The number of sulfonamides is 1. The molecule has 8 heteroatoms. The van der Waals surface area contributed by atoms with Crippen molar-refractivity contribution in [1.82, 2.24) is 0 Å². The average molecular weight is 412 g/mol. The Hall–Kier alpha value is -3.36. The van der Waals surface area contributed by atoms with Gasteiger partial charge >= 0.3 is 0 Å². The third kappa shape index (κ3) is 5.81. The summed E-state index contributed by atoms with van der Waals surface area (Å²) in [5.41, 5.74) is 0.785. The van der Waals surface area contributed by atoms with E-state index in [9.17, 15) is 13.2 Å². The third-order valence-corrected chi connectivity index (χ3v) is 4.85. The van der Waals surface area contributed by atoms with E-state index in [1.807, 2.05) is 30.3 Å². The fourth-order valence-corrected chi connectivity index (χ4v) is 3.05. The van der Waals surface area contributed by atoms with Crippen LogP contribution in [0.3, 0.4) is 0 Å². The van der Waals surface area contributed by atoms with E-state index in [2.05, 4.69) is 5.32 Å². The SMILES string of the molecule is NS(=O)(=O)c1ccc(NC(=O)c2ccccc2OCCOc2ccccc2)cc1. The van der Waals surface area contributed by atoms with Gasteiger partial charge in [0.05, 0.1) is 10.5 Å². The molecule has 0 fully saturated rings. The molecule has 7 nitrogen and oxygen atoms in total. The quantitative estimate of drug-likeness (QED) is 0.553. The van der Waals surface area contributed by atoms with E-state index >= 15 is 0 Å². The molecule has 0 unspecified atom stereocenters. The maximum Gasteiger partial charge on any atom is 0.259 e. The second kappa shape index (κ2) is 9.22. The van der Waals surface area contributed by atoms with Crippen LogP contribution in [0.2, 0.25) is 0 Å². The molecule has 3 rings (SSSR count). The maximum absolute atomic E-state index is 12.6. The Balaban J connectivity index is 1.61. The Morgan fingerprint density at radius 1 is 0.828 bits per heavy atom. The van der Waals surface area contributed by atoms with E-state index in [1.54, 1.807) is 24.3 Å². The van der Waals surface area contributed by atoms with Crippen LogP contribution in [0.15, 0.2) is 83.8 Å². The van der Waals surface area contributed by atoms with E-state index in [1.165, 1.54) is 24.3 Å². The molecule has 29 heavy (non-hydrogen) atoms. The van der Waals surface area contributed by atoms with Gasteiger partial charge in [-0.3, -0.25) is 4.79 Å². The van der Waals surface area contributed by atoms with Gasteiger partial charge in [-0.15, -0.1) is 0 Å². The molecule has 3 aromatic rings. The van der Waals surface area contributed by atoms with E-state index in [-0.39, 0.29) is 17.4 Å². The molecular weight excluding hydrogens is 392 g/mol. The Kier molecular flexibility index (Phi) is 6.48. The molecule has 0 heterocycles. The van der Waals surface area contributed by atoms with Crippen LogP contribution < -0.4 is 19.9 Å². The van der Waals surface area contributed by atoms with E-state index in [0.717, 1.165) is 5.75 Å². The molecule has 0 radical (unpaired) electrons. The Morgan fingerprint density at radius 3 is 2.14 bits per heavy atom. The summed E-state index contributed by atoms with van der Waals surface area (Å²) in [5, 5.41) is 7.78. The highest BCUT2D eigenvalue weighted by Gasteiger charge is 2.13. The molecule has 1 amide bonds. The van der Waals surface area contributed by atoms with Gasteiger partial charge in [-0.1, -0.05) is 30.3 Å². The largest absolute Gasteiger partial charge is 0.490 e. The van der Waals surface area contributed by atoms with Gasteiger partial charge in [-0.05, 0) is 48.5 Å². The highest BCUT2D eigenvalue weighted by atomic mass is 32.2. The lowest BCUT2D eigenvalue weighted by Crippen LogP contribution is -2.16. The van der Waals surface area contributed by atoms with E-state index in [4.69, 9.17) is 14.6 Å². The van der Waals surface area contributed by atoms with Gasteiger partial charge in [0.2, 0.25) is 10.0 Å². The molecule has 0 aliphatic carbocycles. The molecule has 3 N–H and O–H groups in total. The van der Waals surface area contributed by atoms with Crippen LogP contribution in [0.1, 0.15) is 10.4 Å². The number of ether oxygens (including phenoxy) is 2. The summed E-state index contributed by atoms with van der Waals surface area (Å²) in [5.74, 6) is 0.779. The van der Waals surface area contributed by atoms with Crippen LogP contribution in [-0.4, -0.2) is 27.5 Å². The number of para-hydroxylation sites is 2. The highest BCUT2D eigenvalue weighted by molar-refractivity contribution is 7.89. The number of hydrogen-bond donors (Lipinski definition) is 2. The minimum atomic E-state index is -3.78. The van der Waals surface area contributed by atoms with Crippen LogP contribution in [-0.2, 0) is 10.0 Å². The third-order valence-electron chi connectivity index (χ3n) is 3.93. The smallest absolute Gasteiger partial charge is 0.259 e. The van der Waals surface area contributed by atoms with Crippen molar-refractivity contribution < 1.29 is 22.7 Å². The molecule has 0 aliphatic rings. The Labute approximate surface area is 169 Å². The minimum Gasteiger partial charge on any atom is -0.490 e. The van der Waals surface area contributed by atoms with Crippen molar-refractivity contribution in [1.29, 1.82) is 0 Å². The van der Waals surface area contributed by atoms with Gasteiger partial charge in [0.15, 0.2) is 0 Å². The van der Waals surface area contributed by atoms with Crippen molar-refractivity contribution in [3.05, 3.63) is 84.4 Å². The lowest BCUT2D eigenvalue weighted by Gasteiger charge is -2.12. The first-order valence-corrected chi connectivity index (χ1v) is 10.3. The minimum absolute atomic E-state index is 0.0300. The lowest BCUT2D eigenvalue weighted by atomic mass is 10.2. The number of nitrogens with one attached hydrogen (secondary N) is 1. The monoisotopic (exact) mass is 412 g/mol. The van der Waals surface area contributed by atoms with Crippen LogP contribution >= 0.6 is 0 Å². The topological polar surface area (TPSA) is 108 Å². The van der Waals surface area contributed by atoms with Crippen molar-refractivity contribution in [2.24, 2.45) is 5.14 Å². The number of benzene rings is 3. The maximum atomic E-state index is 12.6. The van der Waals surface area contributed by atoms with E-state index < -0.39 is 10.0 Å². The van der Waals surface area contributed by atoms with Crippen molar-refractivity contribution in [2.75, 3.05) is 18.5 Å². The summed E-state index contributed by atoms with van der Waals surface area (Å²) in [4.78, 5) is 12.6. The van der Waals surface area contributed by atoms with Crippen molar-refractivity contribution >= 4 is 21.6 Å². The molecule has 0 atom stereocenters. The number of anilines is 1. The zero-order valence-electron chi connectivity index (χ0n) is 15.4. The van der Waals surface area contributed by atoms with Crippen molar-refractivity contribution in [3.8, 4) is 11.5 Å². The van der Waals surface area contributed by atoms with Gasteiger partial charge in [-0.2, -0.15) is 0 Å². The molecule has 0 bridgehead atoms. The Morgan fingerprint density at radius 2 is 1.45 bits per heavy atom. The van der Waals surface area contributed by atoms with Crippen LogP contribution in [0.4, 0.5) is 5.69 Å². The lowest BCUT2D eigenvalue weighted by molar-refractivity contribution is 0.102. The average Bonchev–Trinajstić information content (AvgIpc) is 2.72. The molecule has 0 saturated carbocycles. The first-order chi connectivity index (χ1) is 13.9. The number of carbonyl (C=O) groups is 1. The van der Waals surface area contributed by atoms with Crippen LogP contribution in [0.25, 0.3) is 0 Å². The summed E-state index contributed by atoms with van der Waals surface area (Å²) in [7, 11) is -3.78. The zero-order valence-corrected chi connectivity index (χ0v) is 16.3. The highest BCUT2D eigenvalue weighted by Crippen LogP contribution is 2.20. The summed E-state index contributed by atoms with van der Waals surface area (Å²) in [6, 6.07) is 21.8. The first kappa shape index (κ1) is 20.4. The molecular formula is C21H20N2O5S. The molecule has 0 aliphatic heterocycles. The Bertz CT molecular complexity index is 1070. The molecule has 150 valence electrons. The van der Waals surface area contributed by atoms with Crippen molar-refractivity contribution in [2.45, 2.75) is 4.90 Å². The van der Waals surface area contributed by atoms with Crippen LogP contribution in [0, 0.1) is 0 Å². The number of amides is 1. The molecule has 0 spiro atoms. The standard InChI is InChI=1S/C21H20N2O5S/c22-29(25,26)18-12-10-16(11-13-18)23-21(24)19-8-4-5-9-20(19)28-15-14-27-17-6-2-1-3-7-17/h1-13H,14-15H2,(H,23,24)(H2,22,25,26). The molecule has 0 aromatic heterocycles. The second-order valence-corrected chi connectivity index (χ2v) is 7.59. The molecule has 0 saturated heterocycles. The number of primary sulfonamides is 1. The predicted molar refractivity (Wildman–Crippen MR) is 110 cm³/mol. The number of carbonyl (C=O) groups excluding carboxylic acids is 1. The summed E-state index contributed by atoms with van der Waals surface area (Å²) in [6.07, 6.45) is 0. The van der Waals surface area contributed by atoms with Gasteiger partial charge in [-0.25, -0.2) is 13.6 Å². The zero-order chi connectivity index (χ0) is 20.7. The fourth-order valence-electron chi connectivity index (χ4n) is 2.53. The predicted octanol–water partition coefficient (Wildman–Crippen LogP) is 3.04. The summed E-state index contributed by atoms with van der Waals surface area (Å²) < 4.78 is 33.9. The van der Waals surface area contributed by atoms with Crippen LogP contribution in [0.5, 0.6) is 11.5 Å². The molecule has 3 aromatic carbocycles. The van der Waals surface area contributed by atoms with Gasteiger partial charge in [0, 0.05) is 5.69 Å². The van der Waals surface area contributed by atoms with Crippen molar-refractivity contribution in [3.63, 3.8) is 0 Å². The number of nitrogens with two attached hydrogens (primary N) is 1. The van der Waals surface area contributed by atoms with E-state index in [0.29, 0.717) is 23.6 Å². The summed E-state index contributed by atoms with van der Waals surface area (Å²) in [6.45, 7) is 0.594. The number of hydrogen-bond acceptors (Lipinski definition) is 5. The first-order valence-electron chi connectivity index (χ1n) is 8.77. The van der Waals surface area contributed by atoms with Gasteiger partial charge in [0.1, 0.15) is 24.7 Å². The normalized spacial score (nSPS) is 10.9. The number of rotatable bonds is 8. The fraction of sp³-hybridized carbons (Fsp3) is 0.0952. The van der Waals surface area contributed by atoms with Gasteiger partial charge < -0.3 is 14.8 Å². The summed E-state index contributed by atoms with van der Waals surface area (Å²) >= 11 is 0. The second-order valence-electron chi connectivity index (χ2n) is 6.03.